The summed E-state index contributed by atoms with van der Waals surface area (Å²) in [6.07, 6.45) is 0. The number of hydrogen-bond acceptors (Lipinski definition) is 5. The Hall–Kier alpha value is -1.77. The lowest BCUT2D eigenvalue weighted by Crippen LogP contribution is -2.56. The van der Waals surface area contributed by atoms with Gasteiger partial charge in [0.1, 0.15) is 8.07 Å². The molecule has 0 bridgehead atoms. The van der Waals surface area contributed by atoms with Crippen molar-refractivity contribution in [2.75, 3.05) is 0 Å². The average molecular weight is 399 g/mol. The summed E-state index contributed by atoms with van der Waals surface area (Å²) in [7, 11) is -2.26. The molecule has 1 saturated heterocycles. The Labute approximate surface area is 168 Å². The molecule has 1 aromatic heterocycles. The molecule has 0 unspecified atom stereocenters. The van der Waals surface area contributed by atoms with Crippen LogP contribution in [0.3, 0.4) is 0 Å². The van der Waals surface area contributed by atoms with Crippen molar-refractivity contribution in [1.82, 2.24) is 15.0 Å². The lowest BCUT2D eigenvalue weighted by molar-refractivity contribution is 0.00578. The van der Waals surface area contributed by atoms with E-state index in [4.69, 9.17) is 9.31 Å². The van der Waals surface area contributed by atoms with Gasteiger partial charge in [-0.05, 0) is 40.2 Å². The first kappa shape index (κ1) is 21.0. The molecular formula is C20H30BN3O3Si. The first-order valence-corrected chi connectivity index (χ1v) is 13.2. The molecule has 2 aromatic rings. The molecular weight excluding hydrogens is 369 g/mol. The van der Waals surface area contributed by atoms with Crippen LogP contribution in [-0.2, 0) is 15.9 Å². The topological polar surface area (TPSA) is 66.2 Å². The molecule has 1 aromatic carbocycles. The molecule has 0 spiro atoms. The van der Waals surface area contributed by atoms with E-state index in [2.05, 4.69) is 57.6 Å². The number of carbonyl (C=O) groups excluding carboxylic acids is 1. The lowest BCUT2D eigenvalue weighted by atomic mass is 9.85. The van der Waals surface area contributed by atoms with Crippen LogP contribution in [0.25, 0.3) is 0 Å². The Morgan fingerprint density at radius 1 is 1.07 bits per heavy atom. The molecule has 3 rings (SSSR count). The van der Waals surface area contributed by atoms with Crippen LogP contribution in [0.2, 0.25) is 19.6 Å². The fourth-order valence-corrected chi connectivity index (χ4v) is 4.54. The molecule has 150 valence electrons. The summed E-state index contributed by atoms with van der Waals surface area (Å²) in [4.78, 5) is 11.5. The maximum atomic E-state index is 11.5. The molecule has 1 fully saturated rings. The minimum absolute atomic E-state index is 0.0613. The fraction of sp³-hybridized carbons (Fsp3) is 0.550. The fourth-order valence-electron chi connectivity index (χ4n) is 3.18. The molecule has 8 heteroatoms. The van der Waals surface area contributed by atoms with E-state index in [1.807, 2.05) is 28.9 Å². The summed E-state index contributed by atoms with van der Waals surface area (Å²) in [5, 5.41) is 9.99. The first-order chi connectivity index (χ1) is 12.8. The third-order valence-electron chi connectivity index (χ3n) is 5.65. The summed E-state index contributed by atoms with van der Waals surface area (Å²) in [5.41, 5.74) is 1.82. The zero-order valence-electron chi connectivity index (χ0n) is 18.2. The number of carbonyl (C=O) groups is 1. The highest BCUT2D eigenvalue weighted by molar-refractivity contribution is 6.91. The van der Waals surface area contributed by atoms with Crippen molar-refractivity contribution < 1.29 is 14.1 Å². The van der Waals surface area contributed by atoms with Crippen molar-refractivity contribution in [2.45, 2.75) is 72.0 Å². The zero-order valence-corrected chi connectivity index (χ0v) is 19.2. The van der Waals surface area contributed by atoms with Crippen LogP contribution in [0.1, 0.15) is 50.5 Å². The Kier molecular flexibility index (Phi) is 5.19. The molecule has 0 amide bonds. The van der Waals surface area contributed by atoms with Gasteiger partial charge in [0.15, 0.2) is 5.78 Å². The number of rotatable bonds is 5. The SMILES string of the molecule is CC(=O)c1ccc(Cn2nnc([Si](C)(C)C)c2B2OC(C)(C)C(C)(C)O2)cc1. The summed E-state index contributed by atoms with van der Waals surface area (Å²) in [6, 6.07) is 7.62. The maximum Gasteiger partial charge on any atom is 0.515 e. The normalized spacial score (nSPS) is 18.5. The maximum absolute atomic E-state index is 11.5. The molecule has 1 aliphatic rings. The van der Waals surface area contributed by atoms with Crippen LogP contribution >= 0.6 is 0 Å². The van der Waals surface area contributed by atoms with Crippen LogP contribution in [-0.4, -0.2) is 47.2 Å². The van der Waals surface area contributed by atoms with Crippen molar-refractivity contribution in [3.8, 4) is 0 Å². The molecule has 2 heterocycles. The number of Topliss-reactive ketones (excluding diaryl/α,β-unsaturated/α-hetero) is 1. The van der Waals surface area contributed by atoms with Crippen LogP contribution in [0.15, 0.2) is 24.3 Å². The van der Waals surface area contributed by atoms with Crippen molar-refractivity contribution >= 4 is 31.9 Å². The van der Waals surface area contributed by atoms with Crippen LogP contribution in [0.5, 0.6) is 0 Å². The summed E-state index contributed by atoms with van der Waals surface area (Å²) >= 11 is 0. The molecule has 0 aliphatic carbocycles. The number of benzene rings is 1. The van der Waals surface area contributed by atoms with E-state index in [0.717, 1.165) is 16.5 Å². The third-order valence-corrected chi connectivity index (χ3v) is 7.43. The second kappa shape index (κ2) is 6.93. The summed E-state index contributed by atoms with van der Waals surface area (Å²) in [5.74, 6) is 0.0613. The minimum Gasteiger partial charge on any atom is -0.398 e. The number of ketones is 1. The predicted octanol–water partition coefficient (Wildman–Crippen LogP) is 2.37. The van der Waals surface area contributed by atoms with Crippen molar-refractivity contribution in [3.05, 3.63) is 35.4 Å². The van der Waals surface area contributed by atoms with E-state index >= 15 is 0 Å². The van der Waals surface area contributed by atoms with E-state index in [1.54, 1.807) is 6.92 Å². The Bertz CT molecular complexity index is 869. The van der Waals surface area contributed by atoms with Crippen molar-refractivity contribution in [2.24, 2.45) is 0 Å². The van der Waals surface area contributed by atoms with Gasteiger partial charge in [-0.2, -0.15) is 0 Å². The molecule has 0 atom stereocenters. The molecule has 0 saturated carbocycles. The van der Waals surface area contributed by atoms with Gasteiger partial charge in [-0.3, -0.25) is 4.79 Å². The zero-order chi connectivity index (χ0) is 20.9. The molecule has 28 heavy (non-hydrogen) atoms. The average Bonchev–Trinajstić information content (AvgIpc) is 3.06. The second-order valence-corrected chi connectivity index (χ2v) is 14.5. The monoisotopic (exact) mass is 399 g/mol. The van der Waals surface area contributed by atoms with Gasteiger partial charge in [0.25, 0.3) is 0 Å². The number of aromatic nitrogens is 3. The lowest BCUT2D eigenvalue weighted by Gasteiger charge is -2.32. The van der Waals surface area contributed by atoms with Gasteiger partial charge in [-0.25, -0.2) is 4.68 Å². The van der Waals surface area contributed by atoms with Crippen LogP contribution < -0.4 is 10.9 Å². The van der Waals surface area contributed by atoms with Gasteiger partial charge in [0, 0.05) is 5.56 Å². The van der Waals surface area contributed by atoms with Crippen LogP contribution in [0, 0.1) is 0 Å². The van der Waals surface area contributed by atoms with E-state index in [9.17, 15) is 4.79 Å². The number of nitrogens with zero attached hydrogens (tertiary/aromatic N) is 3. The summed E-state index contributed by atoms with van der Waals surface area (Å²) in [6.45, 7) is 17.1. The van der Waals surface area contributed by atoms with E-state index in [0.29, 0.717) is 12.1 Å². The largest absolute Gasteiger partial charge is 0.515 e. The van der Waals surface area contributed by atoms with E-state index in [1.165, 1.54) is 0 Å². The highest BCUT2D eigenvalue weighted by Crippen LogP contribution is 2.36. The molecule has 6 nitrogen and oxygen atoms in total. The van der Waals surface area contributed by atoms with Gasteiger partial charge < -0.3 is 9.31 Å². The molecule has 1 aliphatic heterocycles. The smallest absolute Gasteiger partial charge is 0.398 e. The van der Waals surface area contributed by atoms with E-state index in [-0.39, 0.29) is 5.78 Å². The highest BCUT2D eigenvalue weighted by atomic mass is 28.3. The number of hydrogen-bond donors (Lipinski definition) is 0. The second-order valence-electron chi connectivity index (χ2n) is 9.57. The first-order valence-electron chi connectivity index (χ1n) is 9.71. The van der Waals surface area contributed by atoms with Gasteiger partial charge in [0.2, 0.25) is 0 Å². The van der Waals surface area contributed by atoms with Crippen molar-refractivity contribution in [3.63, 3.8) is 0 Å². The Balaban J connectivity index is 1.99. The standard InChI is InChI=1S/C20H30BN3O3Si/c1-14(25)16-11-9-15(10-12-16)13-24-17(18(22-23-24)28(6,7)8)21-26-19(2,3)20(4,5)27-21/h9-12H,13H2,1-8H3. The minimum atomic E-state index is -1.76. The van der Waals surface area contributed by atoms with Crippen molar-refractivity contribution in [1.29, 1.82) is 0 Å². The highest BCUT2D eigenvalue weighted by Gasteiger charge is 2.54. The van der Waals surface area contributed by atoms with Crippen LogP contribution in [0.4, 0.5) is 0 Å². The van der Waals surface area contributed by atoms with E-state index < -0.39 is 26.4 Å². The molecule has 0 radical (unpaired) electrons. The summed E-state index contributed by atoms with van der Waals surface area (Å²) < 4.78 is 14.5. The molecule has 0 N–H and O–H groups in total. The van der Waals surface area contributed by atoms with Gasteiger partial charge in [-0.15, -0.1) is 5.10 Å². The van der Waals surface area contributed by atoms with Gasteiger partial charge in [0.05, 0.1) is 28.7 Å². The predicted molar refractivity (Wildman–Crippen MR) is 114 cm³/mol. The quantitative estimate of drug-likeness (QED) is 0.571. The van der Waals surface area contributed by atoms with Gasteiger partial charge >= 0.3 is 7.12 Å². The Morgan fingerprint density at radius 3 is 2.07 bits per heavy atom. The van der Waals surface area contributed by atoms with Gasteiger partial charge in [-0.1, -0.05) is 49.1 Å². The third kappa shape index (κ3) is 3.86. The Morgan fingerprint density at radius 2 is 1.61 bits per heavy atom.